The number of nitrogen functional groups attached to an aromatic ring is 1. The second kappa shape index (κ2) is 5.98. The molecule has 1 fully saturated rings. The monoisotopic (exact) mass is 248 g/mol. The van der Waals surface area contributed by atoms with Crippen molar-refractivity contribution in [2.75, 3.05) is 24.3 Å². The molecule has 0 spiro atoms. The lowest BCUT2D eigenvalue weighted by Crippen LogP contribution is -2.34. The van der Waals surface area contributed by atoms with E-state index in [4.69, 9.17) is 10.5 Å². The number of anilines is 2. The number of benzene rings is 1. The summed E-state index contributed by atoms with van der Waals surface area (Å²) in [6.07, 6.45) is 6.43. The van der Waals surface area contributed by atoms with Crippen molar-refractivity contribution in [1.82, 2.24) is 0 Å². The van der Waals surface area contributed by atoms with Gasteiger partial charge in [-0.05, 0) is 25.3 Å². The molecule has 0 aromatic heterocycles. The molecule has 0 radical (unpaired) electrons. The van der Waals surface area contributed by atoms with Crippen molar-refractivity contribution in [3.63, 3.8) is 0 Å². The van der Waals surface area contributed by atoms with Gasteiger partial charge in [-0.1, -0.05) is 19.8 Å². The fourth-order valence-corrected chi connectivity index (χ4v) is 2.83. The Morgan fingerprint density at radius 1 is 1.28 bits per heavy atom. The summed E-state index contributed by atoms with van der Waals surface area (Å²) in [5.41, 5.74) is 7.95. The van der Waals surface area contributed by atoms with Gasteiger partial charge in [-0.3, -0.25) is 0 Å². The molecule has 18 heavy (non-hydrogen) atoms. The minimum absolute atomic E-state index is 0.638. The molecule has 100 valence electrons. The van der Waals surface area contributed by atoms with Crippen LogP contribution in [-0.4, -0.2) is 19.7 Å². The zero-order valence-corrected chi connectivity index (χ0v) is 11.5. The van der Waals surface area contributed by atoms with Gasteiger partial charge in [0.1, 0.15) is 5.75 Å². The van der Waals surface area contributed by atoms with Gasteiger partial charge >= 0.3 is 0 Å². The van der Waals surface area contributed by atoms with E-state index in [9.17, 15) is 0 Å². The molecule has 1 unspecified atom stereocenters. The maximum Gasteiger partial charge on any atom is 0.122 e. The van der Waals surface area contributed by atoms with Gasteiger partial charge in [0.2, 0.25) is 0 Å². The van der Waals surface area contributed by atoms with Gasteiger partial charge in [0.25, 0.3) is 0 Å². The van der Waals surface area contributed by atoms with E-state index in [0.29, 0.717) is 6.04 Å². The van der Waals surface area contributed by atoms with E-state index >= 15 is 0 Å². The Hall–Kier alpha value is -1.38. The number of rotatable bonds is 3. The summed E-state index contributed by atoms with van der Waals surface area (Å²) in [6.45, 7) is 3.40. The van der Waals surface area contributed by atoms with E-state index in [-0.39, 0.29) is 0 Å². The molecule has 1 heterocycles. The third-order valence-electron chi connectivity index (χ3n) is 3.83. The van der Waals surface area contributed by atoms with Crippen LogP contribution >= 0.6 is 0 Å². The predicted octanol–water partition coefficient (Wildman–Crippen LogP) is 3.44. The van der Waals surface area contributed by atoms with Crippen LogP contribution in [0.5, 0.6) is 5.75 Å². The van der Waals surface area contributed by atoms with Crippen molar-refractivity contribution >= 4 is 11.4 Å². The number of nitrogens with two attached hydrogens (primary N) is 1. The molecular formula is C15H24N2O. The third-order valence-corrected chi connectivity index (χ3v) is 3.83. The minimum Gasteiger partial charge on any atom is -0.497 e. The molecule has 3 nitrogen and oxygen atoms in total. The van der Waals surface area contributed by atoms with E-state index < -0.39 is 0 Å². The minimum atomic E-state index is 0.638. The van der Waals surface area contributed by atoms with Gasteiger partial charge in [0, 0.05) is 36.1 Å². The molecule has 1 saturated heterocycles. The molecule has 1 aromatic carbocycles. The van der Waals surface area contributed by atoms with Crippen LogP contribution in [0.2, 0.25) is 0 Å². The number of ether oxygens (including phenoxy) is 1. The van der Waals surface area contributed by atoms with E-state index in [0.717, 1.165) is 18.0 Å². The van der Waals surface area contributed by atoms with Crippen LogP contribution in [-0.2, 0) is 0 Å². The molecule has 1 atom stereocenters. The van der Waals surface area contributed by atoms with Gasteiger partial charge < -0.3 is 15.4 Å². The van der Waals surface area contributed by atoms with Crippen LogP contribution in [0.1, 0.15) is 39.0 Å². The molecule has 0 bridgehead atoms. The first-order valence-electron chi connectivity index (χ1n) is 6.95. The molecule has 1 aliphatic heterocycles. The normalized spacial score (nSPS) is 20.6. The summed E-state index contributed by atoms with van der Waals surface area (Å²) in [6, 6.07) is 6.68. The standard InChI is InChI=1S/C15H24N2O/c1-3-13-7-5-4-6-8-17(13)14-9-12(16)10-15(11-14)18-2/h9-11,13H,3-8,16H2,1-2H3. The maximum atomic E-state index is 5.96. The molecule has 1 aromatic rings. The van der Waals surface area contributed by atoms with Crippen LogP contribution in [0.3, 0.4) is 0 Å². The van der Waals surface area contributed by atoms with Gasteiger partial charge in [0.15, 0.2) is 0 Å². The van der Waals surface area contributed by atoms with Crippen molar-refractivity contribution in [3.05, 3.63) is 18.2 Å². The smallest absolute Gasteiger partial charge is 0.122 e. The predicted molar refractivity (Wildman–Crippen MR) is 77.3 cm³/mol. The average Bonchev–Trinajstić information content (AvgIpc) is 2.62. The number of hydrogen-bond acceptors (Lipinski definition) is 3. The molecule has 1 aliphatic rings. The fraction of sp³-hybridized carbons (Fsp3) is 0.600. The zero-order valence-electron chi connectivity index (χ0n) is 11.5. The van der Waals surface area contributed by atoms with Crippen molar-refractivity contribution in [2.24, 2.45) is 0 Å². The van der Waals surface area contributed by atoms with E-state index in [1.807, 2.05) is 6.07 Å². The van der Waals surface area contributed by atoms with Crippen molar-refractivity contribution in [2.45, 2.75) is 45.1 Å². The fourth-order valence-electron chi connectivity index (χ4n) is 2.83. The Kier molecular flexibility index (Phi) is 4.34. The quantitative estimate of drug-likeness (QED) is 0.833. The van der Waals surface area contributed by atoms with E-state index in [1.54, 1.807) is 7.11 Å². The summed E-state index contributed by atoms with van der Waals surface area (Å²) < 4.78 is 5.32. The molecule has 0 saturated carbocycles. The first-order chi connectivity index (χ1) is 8.74. The van der Waals surface area contributed by atoms with Gasteiger partial charge in [0.05, 0.1) is 7.11 Å². The van der Waals surface area contributed by atoms with Crippen LogP contribution in [0.15, 0.2) is 18.2 Å². The van der Waals surface area contributed by atoms with Crippen molar-refractivity contribution < 1.29 is 4.74 Å². The second-order valence-electron chi connectivity index (χ2n) is 5.07. The Bertz CT molecular complexity index is 392. The van der Waals surface area contributed by atoms with Crippen LogP contribution in [0.25, 0.3) is 0 Å². The largest absolute Gasteiger partial charge is 0.497 e. The summed E-state index contributed by atoms with van der Waals surface area (Å²) in [5.74, 6) is 0.851. The lowest BCUT2D eigenvalue weighted by atomic mass is 10.1. The molecule has 0 amide bonds. The highest BCUT2D eigenvalue weighted by Gasteiger charge is 2.20. The van der Waals surface area contributed by atoms with E-state index in [1.165, 1.54) is 37.8 Å². The molecule has 2 rings (SSSR count). The summed E-state index contributed by atoms with van der Waals surface area (Å²) in [7, 11) is 1.69. The Labute approximate surface area is 110 Å². The Morgan fingerprint density at radius 3 is 2.83 bits per heavy atom. The van der Waals surface area contributed by atoms with Gasteiger partial charge in [-0.25, -0.2) is 0 Å². The summed E-state index contributed by atoms with van der Waals surface area (Å²) in [4.78, 5) is 2.51. The van der Waals surface area contributed by atoms with Gasteiger partial charge in [-0.15, -0.1) is 0 Å². The third kappa shape index (κ3) is 2.89. The lowest BCUT2D eigenvalue weighted by Gasteiger charge is -2.32. The first-order valence-corrected chi connectivity index (χ1v) is 6.95. The zero-order chi connectivity index (χ0) is 13.0. The SMILES string of the molecule is CCC1CCCCCN1c1cc(N)cc(OC)c1. The highest BCUT2D eigenvalue weighted by molar-refractivity contribution is 5.61. The highest BCUT2D eigenvalue weighted by atomic mass is 16.5. The average molecular weight is 248 g/mol. The van der Waals surface area contributed by atoms with Crippen molar-refractivity contribution in [1.29, 1.82) is 0 Å². The highest BCUT2D eigenvalue weighted by Crippen LogP contribution is 2.30. The van der Waals surface area contributed by atoms with Crippen LogP contribution in [0, 0.1) is 0 Å². The Balaban J connectivity index is 2.29. The number of hydrogen-bond donors (Lipinski definition) is 1. The second-order valence-corrected chi connectivity index (χ2v) is 5.07. The van der Waals surface area contributed by atoms with Crippen LogP contribution < -0.4 is 15.4 Å². The van der Waals surface area contributed by atoms with Gasteiger partial charge in [-0.2, -0.15) is 0 Å². The Morgan fingerprint density at radius 2 is 2.11 bits per heavy atom. The number of methoxy groups -OCH3 is 1. The molecule has 0 aliphatic carbocycles. The number of nitrogens with zero attached hydrogens (tertiary/aromatic N) is 1. The first kappa shape index (κ1) is 13.1. The summed E-state index contributed by atoms with van der Waals surface area (Å²) >= 11 is 0. The van der Waals surface area contributed by atoms with Crippen molar-refractivity contribution in [3.8, 4) is 5.75 Å². The molecule has 3 heteroatoms. The molecular weight excluding hydrogens is 224 g/mol. The van der Waals surface area contributed by atoms with E-state index in [2.05, 4.69) is 24.0 Å². The summed E-state index contributed by atoms with van der Waals surface area (Å²) in [5, 5.41) is 0. The molecule has 2 N–H and O–H groups in total. The van der Waals surface area contributed by atoms with Crippen LogP contribution in [0.4, 0.5) is 11.4 Å². The maximum absolute atomic E-state index is 5.96. The topological polar surface area (TPSA) is 38.5 Å². The lowest BCUT2D eigenvalue weighted by molar-refractivity contribution is 0.414.